The van der Waals surface area contributed by atoms with E-state index in [1.165, 1.54) is 0 Å². The smallest absolute Gasteiger partial charge is 0.0894 e. The third kappa shape index (κ3) is 7.84. The Morgan fingerprint density at radius 1 is 0.600 bits per heavy atom. The van der Waals surface area contributed by atoms with Crippen molar-refractivity contribution in [1.82, 2.24) is 0 Å². The SMILES string of the molecule is OSSO.c1ccccc1. The standard InChI is InChI=1S/C6H6.H2O2S2/c1-2-4-6-5-3-1;1-3-4-2/h1-6H;1-2H. The van der Waals surface area contributed by atoms with Crippen LogP contribution in [0.2, 0.25) is 0 Å². The minimum absolute atomic E-state index is 0.329. The molecule has 0 aromatic heterocycles. The van der Waals surface area contributed by atoms with Crippen LogP contribution in [0.5, 0.6) is 0 Å². The first-order valence-corrected chi connectivity index (χ1v) is 4.60. The van der Waals surface area contributed by atoms with E-state index in [0.717, 1.165) is 0 Å². The van der Waals surface area contributed by atoms with E-state index in [1.54, 1.807) is 0 Å². The van der Waals surface area contributed by atoms with Gasteiger partial charge in [-0.15, -0.1) is 0 Å². The van der Waals surface area contributed by atoms with Crippen LogP contribution in [0.15, 0.2) is 36.4 Å². The molecule has 1 rings (SSSR count). The molecule has 0 aliphatic carbocycles. The molecular formula is C6H8O2S2. The molecule has 1 aromatic rings. The molecular weight excluding hydrogens is 168 g/mol. The van der Waals surface area contributed by atoms with Crippen molar-refractivity contribution in [3.63, 3.8) is 0 Å². The summed E-state index contributed by atoms with van der Waals surface area (Å²) in [5.74, 6) is 0. The Bertz CT molecular complexity index is 106. The van der Waals surface area contributed by atoms with Crippen LogP contribution in [0.4, 0.5) is 0 Å². The van der Waals surface area contributed by atoms with Gasteiger partial charge in [-0.1, -0.05) is 36.4 Å². The second-order valence-electron chi connectivity index (χ2n) is 1.30. The van der Waals surface area contributed by atoms with Gasteiger partial charge in [0.2, 0.25) is 0 Å². The summed E-state index contributed by atoms with van der Waals surface area (Å²) in [7, 11) is 0. The van der Waals surface area contributed by atoms with Gasteiger partial charge in [0.15, 0.2) is 0 Å². The molecule has 0 saturated carbocycles. The van der Waals surface area contributed by atoms with Crippen molar-refractivity contribution < 1.29 is 9.11 Å². The Balaban J connectivity index is 0.000000180. The summed E-state index contributed by atoms with van der Waals surface area (Å²) in [4.78, 5) is 0. The summed E-state index contributed by atoms with van der Waals surface area (Å²) in [6.07, 6.45) is 0. The fraction of sp³-hybridized carbons (Fsp3) is 0. The molecule has 1 aromatic carbocycles. The second kappa shape index (κ2) is 8.84. The van der Waals surface area contributed by atoms with Crippen LogP contribution >= 0.6 is 22.1 Å². The van der Waals surface area contributed by atoms with Gasteiger partial charge >= 0.3 is 0 Å². The molecule has 0 atom stereocenters. The molecule has 2 N–H and O–H groups in total. The van der Waals surface area contributed by atoms with Gasteiger partial charge in [-0.25, -0.2) is 0 Å². The predicted octanol–water partition coefficient (Wildman–Crippen LogP) is 3.00. The molecule has 10 heavy (non-hydrogen) atoms. The van der Waals surface area contributed by atoms with Crippen molar-refractivity contribution >= 4 is 22.1 Å². The van der Waals surface area contributed by atoms with Crippen LogP contribution in [0.3, 0.4) is 0 Å². The zero-order valence-corrected chi connectivity index (χ0v) is 6.81. The molecule has 0 heterocycles. The molecule has 0 radical (unpaired) electrons. The molecule has 0 aliphatic heterocycles. The molecule has 0 aliphatic rings. The van der Waals surface area contributed by atoms with Crippen LogP contribution in [-0.4, -0.2) is 9.11 Å². The third-order valence-electron chi connectivity index (χ3n) is 0.700. The van der Waals surface area contributed by atoms with Crippen molar-refractivity contribution in [1.29, 1.82) is 0 Å². The third-order valence-corrected chi connectivity index (χ3v) is 0.967. The summed E-state index contributed by atoms with van der Waals surface area (Å²) < 4.78 is 15.0. The lowest BCUT2D eigenvalue weighted by atomic mass is 10.4. The molecule has 4 heteroatoms. The lowest BCUT2D eigenvalue weighted by Crippen LogP contribution is -1.47. The first-order chi connectivity index (χ1) is 4.91. The molecule has 56 valence electrons. The molecule has 0 unspecified atom stereocenters. The topological polar surface area (TPSA) is 40.5 Å². The van der Waals surface area contributed by atoms with E-state index < -0.39 is 0 Å². The Kier molecular flexibility index (Phi) is 8.70. The summed E-state index contributed by atoms with van der Waals surface area (Å²) in [5.41, 5.74) is 0. The van der Waals surface area contributed by atoms with Gasteiger partial charge in [0.05, 0.1) is 22.1 Å². The van der Waals surface area contributed by atoms with E-state index in [0.29, 0.717) is 22.1 Å². The average molecular weight is 176 g/mol. The summed E-state index contributed by atoms with van der Waals surface area (Å²) in [5, 5.41) is 0. The highest BCUT2D eigenvalue weighted by molar-refractivity contribution is 8.72. The van der Waals surface area contributed by atoms with E-state index in [1.807, 2.05) is 36.4 Å². The Morgan fingerprint density at radius 2 is 0.800 bits per heavy atom. The van der Waals surface area contributed by atoms with Gasteiger partial charge in [0.1, 0.15) is 0 Å². The van der Waals surface area contributed by atoms with Crippen molar-refractivity contribution in [2.75, 3.05) is 0 Å². The highest BCUT2D eigenvalue weighted by atomic mass is 33.1. The fourth-order valence-electron chi connectivity index (χ4n) is 0.385. The number of benzene rings is 1. The normalized spacial score (nSPS) is 7.80. The van der Waals surface area contributed by atoms with Crippen LogP contribution in [0.25, 0.3) is 0 Å². The lowest BCUT2D eigenvalue weighted by Gasteiger charge is -1.69. The van der Waals surface area contributed by atoms with E-state index in [4.69, 9.17) is 9.11 Å². The molecule has 0 spiro atoms. The van der Waals surface area contributed by atoms with Gasteiger partial charge in [0, 0.05) is 0 Å². The highest BCUT2D eigenvalue weighted by Crippen LogP contribution is 2.07. The molecule has 0 saturated heterocycles. The van der Waals surface area contributed by atoms with Gasteiger partial charge in [-0.3, -0.25) is 0 Å². The van der Waals surface area contributed by atoms with E-state index >= 15 is 0 Å². The maximum absolute atomic E-state index is 7.50. The predicted molar refractivity (Wildman–Crippen MR) is 46.9 cm³/mol. The van der Waals surface area contributed by atoms with E-state index in [-0.39, 0.29) is 0 Å². The van der Waals surface area contributed by atoms with Crippen LogP contribution < -0.4 is 0 Å². The maximum Gasteiger partial charge on any atom is 0.0894 e. The zero-order chi connectivity index (χ0) is 7.66. The largest absolute Gasteiger partial charge is 0.319 e. The van der Waals surface area contributed by atoms with Crippen molar-refractivity contribution in [3.8, 4) is 0 Å². The van der Waals surface area contributed by atoms with Crippen molar-refractivity contribution in [3.05, 3.63) is 36.4 Å². The number of hydrogen-bond acceptors (Lipinski definition) is 4. The van der Waals surface area contributed by atoms with E-state index in [2.05, 4.69) is 0 Å². The minimum Gasteiger partial charge on any atom is -0.319 e. The average Bonchev–Trinajstić information content (AvgIpc) is 2.08. The maximum atomic E-state index is 7.50. The lowest BCUT2D eigenvalue weighted by molar-refractivity contribution is 0.655. The monoisotopic (exact) mass is 176 g/mol. The Labute approximate surface area is 68.1 Å². The second-order valence-corrected chi connectivity index (χ2v) is 2.50. The van der Waals surface area contributed by atoms with Gasteiger partial charge in [0.25, 0.3) is 0 Å². The quantitative estimate of drug-likeness (QED) is 0.509. The fourth-order valence-corrected chi connectivity index (χ4v) is 0.385. The summed E-state index contributed by atoms with van der Waals surface area (Å²) in [6, 6.07) is 12.0. The Morgan fingerprint density at radius 3 is 0.900 bits per heavy atom. The van der Waals surface area contributed by atoms with Crippen molar-refractivity contribution in [2.45, 2.75) is 0 Å². The number of hydrogen-bond donors (Lipinski definition) is 2. The number of rotatable bonds is 1. The summed E-state index contributed by atoms with van der Waals surface area (Å²) in [6.45, 7) is 0. The Hall–Kier alpha value is -0.160. The van der Waals surface area contributed by atoms with Crippen LogP contribution in [0, 0.1) is 0 Å². The minimum atomic E-state index is 0.329. The molecule has 2 nitrogen and oxygen atoms in total. The molecule has 0 bridgehead atoms. The molecule has 0 fully saturated rings. The molecule has 0 amide bonds. The van der Waals surface area contributed by atoms with Crippen molar-refractivity contribution in [2.24, 2.45) is 0 Å². The van der Waals surface area contributed by atoms with E-state index in [9.17, 15) is 0 Å². The van der Waals surface area contributed by atoms with Gasteiger partial charge < -0.3 is 9.11 Å². The zero-order valence-electron chi connectivity index (χ0n) is 5.18. The van der Waals surface area contributed by atoms with Gasteiger partial charge in [-0.2, -0.15) is 0 Å². The van der Waals surface area contributed by atoms with Gasteiger partial charge in [-0.05, 0) is 0 Å². The first-order valence-electron chi connectivity index (χ1n) is 2.53. The summed E-state index contributed by atoms with van der Waals surface area (Å²) >= 11 is 0.657. The van der Waals surface area contributed by atoms with Crippen LogP contribution in [-0.2, 0) is 0 Å². The van der Waals surface area contributed by atoms with Crippen LogP contribution in [0.1, 0.15) is 0 Å². The first kappa shape index (κ1) is 9.84. The highest BCUT2D eigenvalue weighted by Gasteiger charge is 1.61.